The molecule has 0 aliphatic rings. The molecule has 0 saturated heterocycles. The zero-order valence-corrected chi connectivity index (χ0v) is 24.6. The number of allylic oxidation sites excluding steroid dienone is 4. The third-order valence-electron chi connectivity index (χ3n) is 9.05. The standard InChI is InChI=1S/C42H28N2O/c1-3-13-29(4-2)43-35-19-12-11-18-33(35)39-37(43)24-21-31-32-22-25-38-40(42(32)45-41(31)39)34-26-28(27-14-7-5-8-15-27)20-23-36(34)44(38)30-16-9-6-10-17-30/h3-26H,1-2H2/b29-13+. The summed E-state index contributed by atoms with van der Waals surface area (Å²) in [5, 5.41) is 6.75. The van der Waals surface area contributed by atoms with Crippen LogP contribution in [0.1, 0.15) is 0 Å². The van der Waals surface area contributed by atoms with Crippen LogP contribution in [0.4, 0.5) is 0 Å². The quantitative estimate of drug-likeness (QED) is 0.187. The summed E-state index contributed by atoms with van der Waals surface area (Å²) in [4.78, 5) is 0. The minimum absolute atomic E-state index is 0.895. The Hall–Kier alpha value is -6.06. The van der Waals surface area contributed by atoms with Gasteiger partial charge in [0, 0.05) is 32.9 Å². The number of hydrogen-bond acceptors (Lipinski definition) is 1. The Kier molecular flexibility index (Phi) is 5.50. The number of para-hydroxylation sites is 2. The van der Waals surface area contributed by atoms with Crippen molar-refractivity contribution in [2.75, 3.05) is 0 Å². The van der Waals surface area contributed by atoms with Crippen molar-refractivity contribution in [3.63, 3.8) is 0 Å². The molecule has 9 rings (SSSR count). The summed E-state index contributed by atoms with van der Waals surface area (Å²) >= 11 is 0. The predicted octanol–water partition coefficient (Wildman–Crippen LogP) is 11.7. The highest BCUT2D eigenvalue weighted by Gasteiger charge is 2.22. The molecule has 0 spiro atoms. The van der Waals surface area contributed by atoms with E-state index in [1.807, 2.05) is 12.2 Å². The summed E-state index contributed by atoms with van der Waals surface area (Å²) < 4.78 is 11.7. The second-order valence-corrected chi connectivity index (χ2v) is 11.4. The third-order valence-corrected chi connectivity index (χ3v) is 9.05. The molecule has 3 nitrogen and oxygen atoms in total. The Morgan fingerprint density at radius 2 is 1.18 bits per heavy atom. The molecule has 45 heavy (non-hydrogen) atoms. The first kappa shape index (κ1) is 25.4. The lowest BCUT2D eigenvalue weighted by Gasteiger charge is -2.08. The lowest BCUT2D eigenvalue weighted by molar-refractivity contribution is 0.677. The number of rotatable bonds is 5. The lowest BCUT2D eigenvalue weighted by Crippen LogP contribution is -1.93. The molecule has 3 heteroatoms. The molecule has 0 unspecified atom stereocenters. The van der Waals surface area contributed by atoms with Crippen LogP contribution in [0.15, 0.2) is 163 Å². The number of aromatic nitrogens is 2. The van der Waals surface area contributed by atoms with Crippen molar-refractivity contribution in [2.24, 2.45) is 0 Å². The molecule has 0 N–H and O–H groups in total. The minimum atomic E-state index is 0.895. The Bertz CT molecular complexity index is 2660. The Morgan fingerprint density at radius 1 is 0.533 bits per heavy atom. The largest absolute Gasteiger partial charge is 0.455 e. The van der Waals surface area contributed by atoms with Crippen molar-refractivity contribution in [3.8, 4) is 16.8 Å². The number of nitrogens with zero attached hydrogens (tertiary/aromatic N) is 2. The van der Waals surface area contributed by atoms with Crippen LogP contribution >= 0.6 is 0 Å². The van der Waals surface area contributed by atoms with Gasteiger partial charge in [0.25, 0.3) is 0 Å². The molecule has 0 radical (unpaired) electrons. The predicted molar refractivity (Wildman–Crippen MR) is 191 cm³/mol. The molecule has 9 aromatic rings. The molecule has 0 atom stereocenters. The first-order chi connectivity index (χ1) is 22.3. The van der Waals surface area contributed by atoms with E-state index < -0.39 is 0 Å². The summed E-state index contributed by atoms with van der Waals surface area (Å²) in [6.45, 7) is 8.05. The second kappa shape index (κ2) is 9.73. The van der Waals surface area contributed by atoms with E-state index in [0.29, 0.717) is 0 Å². The maximum Gasteiger partial charge on any atom is 0.145 e. The SMILES string of the molecule is C=C/C=C(\C=C)n1c2ccccc2c2c3oc4c(ccc5c4c4cc(-c6ccccc6)ccc4n5-c4ccccc4)c3ccc21. The minimum Gasteiger partial charge on any atom is -0.455 e. The number of benzene rings is 6. The van der Waals surface area contributed by atoms with Crippen molar-refractivity contribution >= 4 is 71.2 Å². The van der Waals surface area contributed by atoms with Gasteiger partial charge in [-0.3, -0.25) is 0 Å². The first-order valence-electron chi connectivity index (χ1n) is 15.2. The fourth-order valence-electron chi connectivity index (χ4n) is 7.15. The Morgan fingerprint density at radius 3 is 1.91 bits per heavy atom. The summed E-state index contributed by atoms with van der Waals surface area (Å²) in [6, 6.07) is 45.3. The Balaban J connectivity index is 1.45. The summed E-state index contributed by atoms with van der Waals surface area (Å²) in [7, 11) is 0. The van der Waals surface area contributed by atoms with Crippen LogP contribution < -0.4 is 0 Å². The van der Waals surface area contributed by atoms with E-state index >= 15 is 0 Å². The molecule has 212 valence electrons. The van der Waals surface area contributed by atoms with Crippen molar-refractivity contribution in [2.45, 2.75) is 0 Å². The topological polar surface area (TPSA) is 23.0 Å². The molecule has 0 bridgehead atoms. The zero-order valence-electron chi connectivity index (χ0n) is 24.6. The summed E-state index contributed by atoms with van der Waals surface area (Å²) in [5.41, 5.74) is 10.7. The maximum atomic E-state index is 7.08. The van der Waals surface area contributed by atoms with E-state index in [1.54, 1.807) is 6.08 Å². The van der Waals surface area contributed by atoms with Crippen LogP contribution in [0.2, 0.25) is 0 Å². The van der Waals surface area contributed by atoms with Crippen molar-refractivity contribution in [1.82, 2.24) is 9.13 Å². The van der Waals surface area contributed by atoms with E-state index in [1.165, 1.54) is 16.5 Å². The van der Waals surface area contributed by atoms with Gasteiger partial charge in [0.2, 0.25) is 0 Å². The normalized spacial score (nSPS) is 12.3. The van der Waals surface area contributed by atoms with E-state index in [9.17, 15) is 0 Å². The highest BCUT2D eigenvalue weighted by Crippen LogP contribution is 2.45. The highest BCUT2D eigenvalue weighted by atomic mass is 16.3. The molecule has 0 amide bonds. The molecule has 6 aromatic carbocycles. The molecular weight excluding hydrogens is 548 g/mol. The van der Waals surface area contributed by atoms with E-state index in [4.69, 9.17) is 4.42 Å². The number of fused-ring (bicyclic) bond motifs is 11. The monoisotopic (exact) mass is 576 g/mol. The average Bonchev–Trinajstić information content (AvgIpc) is 3.75. The van der Waals surface area contributed by atoms with Gasteiger partial charge in [-0.2, -0.15) is 0 Å². The van der Waals surface area contributed by atoms with Gasteiger partial charge in [0.05, 0.1) is 32.8 Å². The van der Waals surface area contributed by atoms with Crippen LogP contribution in [0.3, 0.4) is 0 Å². The second-order valence-electron chi connectivity index (χ2n) is 11.4. The van der Waals surface area contributed by atoms with Gasteiger partial charge in [0.15, 0.2) is 0 Å². The van der Waals surface area contributed by atoms with E-state index in [-0.39, 0.29) is 0 Å². The highest BCUT2D eigenvalue weighted by molar-refractivity contribution is 6.29. The molecule has 0 saturated carbocycles. The first-order valence-corrected chi connectivity index (χ1v) is 15.2. The maximum absolute atomic E-state index is 7.08. The van der Waals surface area contributed by atoms with Crippen LogP contribution in [0.25, 0.3) is 88.1 Å². The van der Waals surface area contributed by atoms with Gasteiger partial charge in [-0.1, -0.05) is 92.0 Å². The Labute approximate surface area is 259 Å². The fourth-order valence-corrected chi connectivity index (χ4v) is 7.15. The van der Waals surface area contributed by atoms with Crippen LogP contribution in [0.5, 0.6) is 0 Å². The van der Waals surface area contributed by atoms with Gasteiger partial charge < -0.3 is 13.6 Å². The van der Waals surface area contributed by atoms with Crippen molar-refractivity contribution < 1.29 is 4.42 Å². The van der Waals surface area contributed by atoms with Crippen LogP contribution in [0, 0.1) is 0 Å². The molecule has 0 fully saturated rings. The number of furan rings is 1. The third kappa shape index (κ3) is 3.58. The molecule has 3 heterocycles. The molecular formula is C42H28N2O. The van der Waals surface area contributed by atoms with Crippen LogP contribution in [-0.4, -0.2) is 9.13 Å². The van der Waals surface area contributed by atoms with Gasteiger partial charge >= 0.3 is 0 Å². The smallest absolute Gasteiger partial charge is 0.145 e. The van der Waals surface area contributed by atoms with Crippen molar-refractivity contribution in [1.29, 1.82) is 0 Å². The summed E-state index contributed by atoms with van der Waals surface area (Å²) in [6.07, 6.45) is 5.68. The van der Waals surface area contributed by atoms with E-state index in [2.05, 4.69) is 150 Å². The van der Waals surface area contributed by atoms with E-state index in [0.717, 1.165) is 71.5 Å². The molecule has 3 aromatic heterocycles. The molecule has 0 aliphatic carbocycles. The average molecular weight is 577 g/mol. The zero-order chi connectivity index (χ0) is 30.1. The van der Waals surface area contributed by atoms with Crippen LogP contribution in [-0.2, 0) is 0 Å². The lowest BCUT2D eigenvalue weighted by atomic mass is 10.0. The molecule has 0 aliphatic heterocycles. The fraction of sp³-hybridized carbons (Fsp3) is 0. The summed E-state index contributed by atoms with van der Waals surface area (Å²) in [5.74, 6) is 0. The number of hydrogen-bond donors (Lipinski definition) is 0. The van der Waals surface area contributed by atoms with Gasteiger partial charge in [-0.15, -0.1) is 0 Å². The van der Waals surface area contributed by atoms with Gasteiger partial charge in [0.1, 0.15) is 11.2 Å². The van der Waals surface area contributed by atoms with Crippen molar-refractivity contribution in [3.05, 3.63) is 159 Å². The van der Waals surface area contributed by atoms with Gasteiger partial charge in [-0.05, 0) is 77.9 Å². The van der Waals surface area contributed by atoms with Gasteiger partial charge in [-0.25, -0.2) is 0 Å².